The summed E-state index contributed by atoms with van der Waals surface area (Å²) in [6, 6.07) is 23.6. The number of nitrogens with one attached hydrogen (secondary N) is 2. The smallest absolute Gasteiger partial charge is 0.251 e. The largest absolute Gasteiger partial charge is 0.455 e. The summed E-state index contributed by atoms with van der Waals surface area (Å²) < 4.78 is 5.88. The molecule has 0 atom stereocenters. The van der Waals surface area contributed by atoms with E-state index in [0.29, 0.717) is 22.7 Å². The zero-order chi connectivity index (χ0) is 19.1. The second-order valence-corrected chi connectivity index (χ2v) is 6.01. The van der Waals surface area contributed by atoms with E-state index in [1.165, 1.54) is 0 Å². The fourth-order valence-corrected chi connectivity index (χ4v) is 2.51. The maximum Gasteiger partial charge on any atom is 0.251 e. The van der Waals surface area contributed by atoms with Crippen molar-refractivity contribution >= 4 is 17.5 Å². The summed E-state index contributed by atoms with van der Waals surface area (Å²) >= 11 is 0. The van der Waals surface area contributed by atoms with Crippen LogP contribution in [0, 0.1) is 6.92 Å². The number of benzene rings is 3. The molecule has 0 aliphatic heterocycles. The number of hydrogen-bond donors (Lipinski definition) is 2. The van der Waals surface area contributed by atoms with Crippen molar-refractivity contribution in [1.82, 2.24) is 5.32 Å². The van der Waals surface area contributed by atoms with Gasteiger partial charge in [0, 0.05) is 5.56 Å². The number of ether oxygens (including phenoxy) is 1. The third kappa shape index (κ3) is 5.19. The van der Waals surface area contributed by atoms with Crippen LogP contribution >= 0.6 is 0 Å². The van der Waals surface area contributed by atoms with E-state index in [2.05, 4.69) is 10.6 Å². The van der Waals surface area contributed by atoms with Crippen LogP contribution in [0.15, 0.2) is 78.9 Å². The Kier molecular flexibility index (Phi) is 5.84. The quantitative estimate of drug-likeness (QED) is 0.694. The van der Waals surface area contributed by atoms with Gasteiger partial charge in [0.2, 0.25) is 5.91 Å². The molecule has 3 rings (SSSR count). The Morgan fingerprint density at radius 2 is 1.63 bits per heavy atom. The average Bonchev–Trinajstić information content (AvgIpc) is 2.68. The SMILES string of the molecule is Cc1cccc(Oc2ccccc2NC(=O)CNC(=O)c2ccccc2)c1. The Labute approximate surface area is 158 Å². The molecule has 27 heavy (non-hydrogen) atoms. The molecule has 0 unspecified atom stereocenters. The maximum atomic E-state index is 12.2. The minimum absolute atomic E-state index is 0.132. The van der Waals surface area contributed by atoms with E-state index in [-0.39, 0.29) is 18.4 Å². The van der Waals surface area contributed by atoms with E-state index >= 15 is 0 Å². The average molecular weight is 360 g/mol. The fourth-order valence-electron chi connectivity index (χ4n) is 2.51. The lowest BCUT2D eigenvalue weighted by atomic mass is 10.2. The number of hydrogen-bond acceptors (Lipinski definition) is 3. The summed E-state index contributed by atoms with van der Waals surface area (Å²) in [5, 5.41) is 5.38. The molecule has 0 radical (unpaired) electrons. The van der Waals surface area contributed by atoms with Crippen LogP contribution in [0.25, 0.3) is 0 Å². The van der Waals surface area contributed by atoms with Gasteiger partial charge in [0.05, 0.1) is 12.2 Å². The first-order valence-corrected chi connectivity index (χ1v) is 8.58. The molecule has 136 valence electrons. The van der Waals surface area contributed by atoms with E-state index in [9.17, 15) is 9.59 Å². The van der Waals surface area contributed by atoms with Crippen LogP contribution in [0.5, 0.6) is 11.5 Å². The van der Waals surface area contributed by atoms with Gasteiger partial charge in [-0.1, -0.05) is 42.5 Å². The molecule has 0 aromatic heterocycles. The van der Waals surface area contributed by atoms with Crippen LogP contribution in [0.1, 0.15) is 15.9 Å². The number of para-hydroxylation sites is 2. The van der Waals surface area contributed by atoms with Gasteiger partial charge in [-0.2, -0.15) is 0 Å². The molecule has 2 N–H and O–H groups in total. The van der Waals surface area contributed by atoms with Gasteiger partial charge in [0.1, 0.15) is 5.75 Å². The summed E-state index contributed by atoms with van der Waals surface area (Å²) in [7, 11) is 0. The second kappa shape index (κ2) is 8.67. The summed E-state index contributed by atoms with van der Waals surface area (Å²) in [5.41, 5.74) is 2.13. The molecule has 0 heterocycles. The van der Waals surface area contributed by atoms with Gasteiger partial charge in [-0.3, -0.25) is 9.59 Å². The zero-order valence-electron chi connectivity index (χ0n) is 14.9. The number of carbonyl (C=O) groups excluding carboxylic acids is 2. The normalized spacial score (nSPS) is 10.1. The Balaban J connectivity index is 1.62. The van der Waals surface area contributed by atoms with Crippen molar-refractivity contribution in [2.75, 3.05) is 11.9 Å². The number of aryl methyl sites for hydroxylation is 1. The molecular weight excluding hydrogens is 340 g/mol. The molecule has 0 aliphatic carbocycles. The highest BCUT2D eigenvalue weighted by Crippen LogP contribution is 2.29. The van der Waals surface area contributed by atoms with Crippen molar-refractivity contribution in [2.45, 2.75) is 6.92 Å². The molecular formula is C22H20N2O3. The fraction of sp³-hybridized carbons (Fsp3) is 0.0909. The minimum Gasteiger partial charge on any atom is -0.455 e. The number of rotatable bonds is 6. The molecule has 0 fully saturated rings. The maximum absolute atomic E-state index is 12.2. The molecule has 2 amide bonds. The number of anilines is 1. The van der Waals surface area contributed by atoms with Crippen molar-refractivity contribution in [1.29, 1.82) is 0 Å². The van der Waals surface area contributed by atoms with Gasteiger partial charge in [0.15, 0.2) is 5.75 Å². The molecule has 0 saturated carbocycles. The zero-order valence-corrected chi connectivity index (χ0v) is 14.9. The third-order valence-corrected chi connectivity index (χ3v) is 3.82. The second-order valence-electron chi connectivity index (χ2n) is 6.01. The highest BCUT2D eigenvalue weighted by molar-refractivity contribution is 5.99. The highest BCUT2D eigenvalue weighted by atomic mass is 16.5. The summed E-state index contributed by atoms with van der Waals surface area (Å²) in [4.78, 5) is 24.3. The van der Waals surface area contributed by atoms with Gasteiger partial charge in [0.25, 0.3) is 5.91 Å². The van der Waals surface area contributed by atoms with Crippen LogP contribution < -0.4 is 15.4 Å². The highest BCUT2D eigenvalue weighted by Gasteiger charge is 2.11. The van der Waals surface area contributed by atoms with Crippen LogP contribution in [0.2, 0.25) is 0 Å². The van der Waals surface area contributed by atoms with Crippen molar-refractivity contribution in [3.63, 3.8) is 0 Å². The molecule has 0 bridgehead atoms. The summed E-state index contributed by atoms with van der Waals surface area (Å²) in [6.07, 6.45) is 0. The van der Waals surface area contributed by atoms with E-state index in [4.69, 9.17) is 4.74 Å². The van der Waals surface area contributed by atoms with Gasteiger partial charge in [-0.15, -0.1) is 0 Å². The van der Waals surface area contributed by atoms with Gasteiger partial charge in [-0.05, 0) is 48.9 Å². The predicted octanol–water partition coefficient (Wildman–Crippen LogP) is 4.16. The first kappa shape index (κ1) is 18.2. The Hall–Kier alpha value is -3.60. The molecule has 3 aromatic rings. The van der Waals surface area contributed by atoms with Crippen LogP contribution in [0.4, 0.5) is 5.69 Å². The van der Waals surface area contributed by atoms with E-state index in [1.54, 1.807) is 42.5 Å². The van der Waals surface area contributed by atoms with Crippen LogP contribution in [-0.4, -0.2) is 18.4 Å². The first-order valence-electron chi connectivity index (χ1n) is 8.58. The molecule has 0 aliphatic rings. The van der Waals surface area contributed by atoms with Crippen molar-refractivity contribution in [3.05, 3.63) is 90.0 Å². The summed E-state index contributed by atoms with van der Waals surface area (Å²) in [5.74, 6) is 0.592. The standard InChI is InChI=1S/C22H20N2O3/c1-16-8-7-11-18(14-16)27-20-13-6-5-12-19(20)24-21(25)15-23-22(26)17-9-3-2-4-10-17/h2-14H,15H2,1H3,(H,23,26)(H,24,25). The lowest BCUT2D eigenvalue weighted by Gasteiger charge is -2.13. The van der Waals surface area contributed by atoms with Crippen LogP contribution in [-0.2, 0) is 4.79 Å². The summed E-state index contributed by atoms with van der Waals surface area (Å²) in [6.45, 7) is 1.85. The van der Waals surface area contributed by atoms with E-state index in [0.717, 1.165) is 5.56 Å². The van der Waals surface area contributed by atoms with E-state index in [1.807, 2.05) is 43.3 Å². The van der Waals surface area contributed by atoms with Crippen molar-refractivity contribution < 1.29 is 14.3 Å². The van der Waals surface area contributed by atoms with Gasteiger partial charge in [-0.25, -0.2) is 0 Å². The molecule has 5 nitrogen and oxygen atoms in total. The lowest BCUT2D eigenvalue weighted by molar-refractivity contribution is -0.115. The van der Waals surface area contributed by atoms with Crippen LogP contribution in [0.3, 0.4) is 0 Å². The third-order valence-electron chi connectivity index (χ3n) is 3.82. The predicted molar refractivity (Wildman–Crippen MR) is 105 cm³/mol. The molecule has 5 heteroatoms. The van der Waals surface area contributed by atoms with E-state index < -0.39 is 0 Å². The lowest BCUT2D eigenvalue weighted by Crippen LogP contribution is -2.32. The van der Waals surface area contributed by atoms with Crippen molar-refractivity contribution in [2.24, 2.45) is 0 Å². The molecule has 0 saturated heterocycles. The Bertz CT molecular complexity index is 939. The molecule has 0 spiro atoms. The van der Waals surface area contributed by atoms with Gasteiger partial charge >= 0.3 is 0 Å². The Morgan fingerprint density at radius 1 is 0.889 bits per heavy atom. The first-order chi connectivity index (χ1) is 13.1. The van der Waals surface area contributed by atoms with Crippen molar-refractivity contribution in [3.8, 4) is 11.5 Å². The monoisotopic (exact) mass is 360 g/mol. The minimum atomic E-state index is -0.334. The number of amides is 2. The Morgan fingerprint density at radius 3 is 2.41 bits per heavy atom. The van der Waals surface area contributed by atoms with Gasteiger partial charge < -0.3 is 15.4 Å². The molecule has 3 aromatic carbocycles. The number of carbonyl (C=O) groups is 2. The topological polar surface area (TPSA) is 67.4 Å².